The molecule has 0 fully saturated rings. The molecule has 4 amide bonds. The Balaban J connectivity index is 1.57. The molecule has 0 aliphatic heterocycles. The van der Waals surface area contributed by atoms with Crippen LogP contribution in [0, 0.1) is 0 Å². The van der Waals surface area contributed by atoms with Gasteiger partial charge in [-0.1, -0.05) is 54.6 Å². The summed E-state index contributed by atoms with van der Waals surface area (Å²) in [5.74, 6) is -0.288. The molecule has 0 bridgehead atoms. The van der Waals surface area contributed by atoms with Crippen molar-refractivity contribution in [2.24, 2.45) is 0 Å². The van der Waals surface area contributed by atoms with Crippen LogP contribution in [0.15, 0.2) is 83.8 Å². The molecule has 0 aliphatic carbocycles. The lowest BCUT2D eigenvalue weighted by Gasteiger charge is -2.18. The van der Waals surface area contributed by atoms with Gasteiger partial charge in [0.25, 0.3) is 5.91 Å². The number of carbonyl (C=O) groups excluding carboxylic acids is 4. The van der Waals surface area contributed by atoms with Crippen LogP contribution in [-0.4, -0.2) is 43.3 Å². The highest BCUT2D eigenvalue weighted by atomic mass is 32.2. The van der Waals surface area contributed by atoms with Crippen molar-refractivity contribution in [2.75, 3.05) is 18.9 Å². The number of anilines is 1. The van der Waals surface area contributed by atoms with Crippen molar-refractivity contribution in [3.63, 3.8) is 0 Å². The average molecular weight is 533 g/mol. The fourth-order valence-electron chi connectivity index (χ4n) is 3.67. The molecule has 38 heavy (non-hydrogen) atoms. The predicted octanol–water partition coefficient (Wildman–Crippen LogP) is 3.53. The quantitative estimate of drug-likeness (QED) is 0.266. The van der Waals surface area contributed by atoms with Crippen molar-refractivity contribution in [3.05, 3.63) is 95.6 Å². The van der Waals surface area contributed by atoms with E-state index in [0.717, 1.165) is 16.0 Å². The van der Waals surface area contributed by atoms with Crippen LogP contribution in [0.25, 0.3) is 0 Å². The first kappa shape index (κ1) is 28.5. The Morgan fingerprint density at radius 2 is 1.53 bits per heavy atom. The van der Waals surface area contributed by atoms with Gasteiger partial charge < -0.3 is 21.3 Å². The lowest BCUT2D eigenvalue weighted by atomic mass is 10.0. The van der Waals surface area contributed by atoms with E-state index in [9.17, 15) is 19.2 Å². The lowest BCUT2D eigenvalue weighted by molar-refractivity contribution is -0.125. The number of hydrogen-bond donors (Lipinski definition) is 4. The zero-order valence-corrected chi connectivity index (χ0v) is 22.3. The van der Waals surface area contributed by atoms with E-state index in [0.29, 0.717) is 23.4 Å². The van der Waals surface area contributed by atoms with Gasteiger partial charge in [0.2, 0.25) is 17.7 Å². The van der Waals surface area contributed by atoms with E-state index in [1.165, 1.54) is 18.7 Å². The largest absolute Gasteiger partial charge is 0.359 e. The van der Waals surface area contributed by atoms with Crippen LogP contribution >= 0.6 is 11.8 Å². The second-order valence-electron chi connectivity index (χ2n) is 8.59. The summed E-state index contributed by atoms with van der Waals surface area (Å²) in [5.41, 5.74) is 3.16. The molecule has 198 valence electrons. The normalized spacial score (nSPS) is 11.2. The van der Waals surface area contributed by atoms with Gasteiger partial charge >= 0.3 is 0 Å². The number of amides is 4. The molecule has 0 saturated heterocycles. The van der Waals surface area contributed by atoms with E-state index in [1.54, 1.807) is 19.2 Å². The van der Waals surface area contributed by atoms with Gasteiger partial charge in [-0.25, -0.2) is 0 Å². The summed E-state index contributed by atoms with van der Waals surface area (Å²) in [5, 5.41) is 10.9. The maximum atomic E-state index is 12.9. The smallest absolute Gasteiger partial charge is 0.252 e. The first-order valence-electron chi connectivity index (χ1n) is 12.3. The molecule has 1 atom stereocenters. The van der Waals surface area contributed by atoms with E-state index < -0.39 is 6.04 Å². The Morgan fingerprint density at radius 3 is 2.21 bits per heavy atom. The van der Waals surface area contributed by atoms with E-state index in [4.69, 9.17) is 0 Å². The molecule has 4 N–H and O–H groups in total. The second kappa shape index (κ2) is 14.6. The van der Waals surface area contributed by atoms with Crippen LogP contribution in [0.3, 0.4) is 0 Å². The van der Waals surface area contributed by atoms with Gasteiger partial charge in [-0.05, 0) is 35.4 Å². The summed E-state index contributed by atoms with van der Waals surface area (Å²) in [6.45, 7) is 1.66. The van der Waals surface area contributed by atoms with E-state index in [-0.39, 0.29) is 36.6 Å². The fourth-order valence-corrected chi connectivity index (χ4v) is 4.67. The molecule has 0 radical (unpaired) electrons. The Hall–Kier alpha value is -4.11. The SMILES string of the molecule is CNC(=O)CCNC(=O)c1ccccc1SCc1ccc(NC(=O)C(Cc2ccccc2)NC(C)=O)cc1. The predicted molar refractivity (Wildman–Crippen MR) is 150 cm³/mol. The van der Waals surface area contributed by atoms with Crippen LogP contribution in [-0.2, 0) is 26.6 Å². The number of hydrogen-bond acceptors (Lipinski definition) is 5. The first-order chi connectivity index (χ1) is 18.4. The molecule has 0 aliphatic rings. The van der Waals surface area contributed by atoms with E-state index in [2.05, 4.69) is 21.3 Å². The first-order valence-corrected chi connectivity index (χ1v) is 13.3. The molecule has 3 rings (SSSR count). The van der Waals surface area contributed by atoms with Gasteiger partial charge in [-0.15, -0.1) is 11.8 Å². The number of rotatable bonds is 12. The molecule has 0 saturated carbocycles. The van der Waals surface area contributed by atoms with Gasteiger partial charge in [0.15, 0.2) is 0 Å². The molecule has 0 spiro atoms. The monoisotopic (exact) mass is 532 g/mol. The number of carbonyl (C=O) groups is 4. The molecule has 3 aromatic rings. The summed E-state index contributed by atoms with van der Waals surface area (Å²) >= 11 is 1.53. The molecule has 0 aromatic heterocycles. The summed E-state index contributed by atoms with van der Waals surface area (Å²) in [6, 6.07) is 23.6. The standard InChI is InChI=1S/C29H32N4O4S/c1-20(34)32-25(18-21-8-4-3-5-9-21)29(37)33-23-14-12-22(13-15-23)19-38-26-11-7-6-10-24(26)28(36)31-17-16-27(35)30-2/h3-15,25H,16-19H2,1-2H3,(H,30,35)(H,31,36)(H,32,34)(H,33,37). The Kier molecular flexibility index (Phi) is 10.9. The van der Waals surface area contributed by atoms with E-state index >= 15 is 0 Å². The van der Waals surface area contributed by atoms with Crippen molar-refractivity contribution < 1.29 is 19.2 Å². The van der Waals surface area contributed by atoms with Crippen LogP contribution in [0.2, 0.25) is 0 Å². The minimum Gasteiger partial charge on any atom is -0.359 e. The third-order valence-electron chi connectivity index (χ3n) is 5.64. The third-order valence-corrected chi connectivity index (χ3v) is 6.79. The van der Waals surface area contributed by atoms with Gasteiger partial charge in [0, 0.05) is 49.7 Å². The molecule has 0 heterocycles. The van der Waals surface area contributed by atoms with Gasteiger partial charge in [-0.2, -0.15) is 0 Å². The number of thioether (sulfide) groups is 1. The summed E-state index contributed by atoms with van der Waals surface area (Å²) in [7, 11) is 1.56. The van der Waals surface area contributed by atoms with Crippen molar-refractivity contribution >= 4 is 41.1 Å². The minimum absolute atomic E-state index is 0.130. The van der Waals surface area contributed by atoms with Crippen LogP contribution in [0.4, 0.5) is 5.69 Å². The fraction of sp³-hybridized carbons (Fsp3) is 0.241. The van der Waals surface area contributed by atoms with Crippen molar-refractivity contribution in [2.45, 2.75) is 36.5 Å². The topological polar surface area (TPSA) is 116 Å². The Bertz CT molecular complexity index is 1250. The van der Waals surface area contributed by atoms with E-state index in [1.807, 2.05) is 66.7 Å². The zero-order valence-electron chi connectivity index (χ0n) is 21.5. The van der Waals surface area contributed by atoms with Gasteiger partial charge in [0.05, 0.1) is 5.56 Å². The summed E-state index contributed by atoms with van der Waals surface area (Å²) < 4.78 is 0. The number of benzene rings is 3. The molecule has 3 aromatic carbocycles. The lowest BCUT2D eigenvalue weighted by Crippen LogP contribution is -2.44. The molecule has 9 heteroatoms. The van der Waals surface area contributed by atoms with Crippen LogP contribution < -0.4 is 21.3 Å². The average Bonchev–Trinajstić information content (AvgIpc) is 2.92. The molecular weight excluding hydrogens is 500 g/mol. The Labute approximate surface area is 227 Å². The highest BCUT2D eigenvalue weighted by Gasteiger charge is 2.20. The van der Waals surface area contributed by atoms with Gasteiger partial charge in [0.1, 0.15) is 6.04 Å². The molecule has 1 unspecified atom stereocenters. The minimum atomic E-state index is -0.691. The highest BCUT2D eigenvalue weighted by molar-refractivity contribution is 7.98. The van der Waals surface area contributed by atoms with Crippen molar-refractivity contribution in [1.29, 1.82) is 0 Å². The zero-order chi connectivity index (χ0) is 27.3. The maximum absolute atomic E-state index is 12.9. The highest BCUT2D eigenvalue weighted by Crippen LogP contribution is 2.27. The number of nitrogens with one attached hydrogen (secondary N) is 4. The second-order valence-corrected chi connectivity index (χ2v) is 9.61. The Morgan fingerprint density at radius 1 is 0.842 bits per heavy atom. The van der Waals surface area contributed by atoms with Crippen LogP contribution in [0.5, 0.6) is 0 Å². The summed E-state index contributed by atoms with van der Waals surface area (Å²) in [4.78, 5) is 49.4. The molecular formula is C29H32N4O4S. The van der Waals surface area contributed by atoms with Gasteiger partial charge in [-0.3, -0.25) is 19.2 Å². The van der Waals surface area contributed by atoms with Crippen LogP contribution in [0.1, 0.15) is 34.8 Å². The summed E-state index contributed by atoms with van der Waals surface area (Å²) in [6.07, 6.45) is 0.609. The third kappa shape index (κ3) is 9.08. The van der Waals surface area contributed by atoms with Crippen molar-refractivity contribution in [1.82, 2.24) is 16.0 Å². The van der Waals surface area contributed by atoms with Crippen molar-refractivity contribution in [3.8, 4) is 0 Å². The maximum Gasteiger partial charge on any atom is 0.252 e. The molecule has 8 nitrogen and oxygen atoms in total.